The summed E-state index contributed by atoms with van der Waals surface area (Å²) in [7, 11) is 1.85. The minimum Gasteiger partial charge on any atom is -0.387 e. The molecule has 3 aromatic heterocycles. The highest BCUT2D eigenvalue weighted by molar-refractivity contribution is 6.31. The zero-order valence-electron chi connectivity index (χ0n) is 24.1. The molecule has 2 aromatic carbocycles. The Labute approximate surface area is 258 Å². The van der Waals surface area contributed by atoms with Gasteiger partial charge < -0.3 is 24.8 Å². The van der Waals surface area contributed by atoms with E-state index in [1.54, 1.807) is 42.2 Å². The summed E-state index contributed by atoms with van der Waals surface area (Å²) < 4.78 is 6.73. The molecule has 0 bridgehead atoms. The van der Waals surface area contributed by atoms with Crippen LogP contribution in [0.15, 0.2) is 77.9 Å². The van der Waals surface area contributed by atoms with Crippen LogP contribution in [0.1, 0.15) is 46.3 Å². The second kappa shape index (κ2) is 12.4. The number of carbonyl (C=O) groups excluding carboxylic acids is 2. The predicted molar refractivity (Wildman–Crippen MR) is 164 cm³/mol. The van der Waals surface area contributed by atoms with Crippen molar-refractivity contribution in [1.29, 1.82) is 0 Å². The maximum Gasteiger partial charge on any atom is 0.257 e. The lowest BCUT2D eigenvalue weighted by molar-refractivity contribution is -0.118. The molecule has 1 aliphatic carbocycles. The van der Waals surface area contributed by atoms with E-state index in [4.69, 9.17) is 16.1 Å². The number of benzene rings is 2. The average Bonchev–Trinajstić information content (AvgIpc) is 3.65. The SMILES string of the molecule is Cc1nocc1C(=O)N[C@@H](Cc1cc(-c2ccnc(C(O)C3CC3)c2)ccc1Cl)C(=O)Nc1ccc(-c2nncn2C)cc1. The lowest BCUT2D eigenvalue weighted by Crippen LogP contribution is -2.45. The van der Waals surface area contributed by atoms with Gasteiger partial charge in [-0.1, -0.05) is 22.8 Å². The van der Waals surface area contributed by atoms with E-state index >= 15 is 0 Å². The molecule has 1 fully saturated rings. The molecule has 44 heavy (non-hydrogen) atoms. The number of aromatic nitrogens is 5. The normalized spacial score (nSPS) is 14.2. The van der Waals surface area contributed by atoms with Crippen LogP contribution in [0.3, 0.4) is 0 Å². The summed E-state index contributed by atoms with van der Waals surface area (Å²) in [6.07, 6.45) is 6.03. The van der Waals surface area contributed by atoms with Crippen LogP contribution in [0, 0.1) is 12.8 Å². The van der Waals surface area contributed by atoms with Gasteiger partial charge in [-0.3, -0.25) is 14.6 Å². The van der Waals surface area contributed by atoms with Gasteiger partial charge in [0.25, 0.3) is 5.91 Å². The molecule has 1 aliphatic rings. The smallest absolute Gasteiger partial charge is 0.257 e. The number of halogens is 1. The number of aryl methyl sites for hydroxylation is 2. The molecule has 1 unspecified atom stereocenters. The predicted octanol–water partition coefficient (Wildman–Crippen LogP) is 4.92. The van der Waals surface area contributed by atoms with Gasteiger partial charge in [-0.2, -0.15) is 0 Å². The highest BCUT2D eigenvalue weighted by Crippen LogP contribution is 2.41. The molecule has 5 aromatic rings. The fraction of sp³-hybridized carbons (Fsp3) is 0.250. The fourth-order valence-corrected chi connectivity index (χ4v) is 5.20. The van der Waals surface area contributed by atoms with Gasteiger partial charge in [0.2, 0.25) is 5.91 Å². The van der Waals surface area contributed by atoms with Gasteiger partial charge in [-0.15, -0.1) is 10.2 Å². The number of hydrogen-bond acceptors (Lipinski definition) is 8. The van der Waals surface area contributed by atoms with Crippen molar-refractivity contribution < 1.29 is 19.2 Å². The molecule has 0 saturated heterocycles. The monoisotopic (exact) mass is 611 g/mol. The van der Waals surface area contributed by atoms with Crippen molar-refractivity contribution in [2.24, 2.45) is 13.0 Å². The Bertz CT molecular complexity index is 1810. The largest absolute Gasteiger partial charge is 0.387 e. The molecule has 2 atom stereocenters. The third-order valence-corrected chi connectivity index (χ3v) is 8.06. The van der Waals surface area contributed by atoms with Crippen LogP contribution in [0.5, 0.6) is 0 Å². The summed E-state index contributed by atoms with van der Waals surface area (Å²) >= 11 is 6.63. The molecule has 0 aliphatic heterocycles. The van der Waals surface area contributed by atoms with Gasteiger partial charge in [0.1, 0.15) is 24.2 Å². The average molecular weight is 612 g/mol. The lowest BCUT2D eigenvalue weighted by atomic mass is 9.98. The van der Waals surface area contributed by atoms with E-state index in [1.807, 2.05) is 43.4 Å². The van der Waals surface area contributed by atoms with Crippen molar-refractivity contribution in [2.75, 3.05) is 5.32 Å². The van der Waals surface area contributed by atoms with Crippen LogP contribution < -0.4 is 10.6 Å². The second-order valence-electron chi connectivity index (χ2n) is 10.9. The molecule has 3 heterocycles. The Kier molecular flexibility index (Phi) is 8.23. The van der Waals surface area contributed by atoms with Crippen LogP contribution >= 0.6 is 11.6 Å². The topological polar surface area (TPSA) is 148 Å². The first-order valence-electron chi connectivity index (χ1n) is 14.2. The number of aliphatic hydroxyl groups is 1. The Morgan fingerprint density at radius 3 is 2.52 bits per heavy atom. The molecule has 3 N–H and O–H groups in total. The zero-order valence-corrected chi connectivity index (χ0v) is 24.8. The van der Waals surface area contributed by atoms with Gasteiger partial charge in [0, 0.05) is 35.9 Å². The van der Waals surface area contributed by atoms with E-state index < -0.39 is 24.0 Å². The van der Waals surface area contributed by atoms with Gasteiger partial charge in [-0.05, 0) is 90.9 Å². The van der Waals surface area contributed by atoms with E-state index in [9.17, 15) is 14.7 Å². The number of rotatable bonds is 10. The number of anilines is 1. The van der Waals surface area contributed by atoms with Crippen LogP contribution in [0.4, 0.5) is 5.69 Å². The first-order valence-corrected chi connectivity index (χ1v) is 14.5. The van der Waals surface area contributed by atoms with Gasteiger partial charge in [0.15, 0.2) is 5.82 Å². The quantitative estimate of drug-likeness (QED) is 0.202. The molecule has 11 nitrogen and oxygen atoms in total. The third-order valence-electron chi connectivity index (χ3n) is 7.69. The summed E-state index contributed by atoms with van der Waals surface area (Å²) in [6.45, 7) is 1.65. The number of amides is 2. The van der Waals surface area contributed by atoms with E-state index in [0.29, 0.717) is 33.5 Å². The summed E-state index contributed by atoms with van der Waals surface area (Å²) in [5.41, 5.74) is 5.00. The third kappa shape index (κ3) is 6.38. The van der Waals surface area contributed by atoms with Crippen LogP contribution in [0.2, 0.25) is 5.02 Å². The number of pyridine rings is 1. The maximum absolute atomic E-state index is 13.7. The van der Waals surface area contributed by atoms with Crippen LogP contribution in [-0.2, 0) is 18.3 Å². The molecule has 6 rings (SSSR count). The summed E-state index contributed by atoms with van der Waals surface area (Å²) in [5.74, 6) is 0.00855. The maximum atomic E-state index is 13.7. The number of nitrogens with one attached hydrogen (secondary N) is 2. The van der Waals surface area contributed by atoms with Crippen molar-refractivity contribution in [2.45, 2.75) is 38.3 Å². The van der Waals surface area contributed by atoms with Crippen molar-refractivity contribution >= 4 is 29.1 Å². The molecule has 1 saturated carbocycles. The van der Waals surface area contributed by atoms with Crippen molar-refractivity contribution in [3.63, 3.8) is 0 Å². The molecular weight excluding hydrogens is 582 g/mol. The Balaban J connectivity index is 1.25. The molecule has 12 heteroatoms. The first-order chi connectivity index (χ1) is 21.3. The van der Waals surface area contributed by atoms with Crippen LogP contribution in [-0.4, -0.2) is 47.9 Å². The van der Waals surface area contributed by atoms with E-state index in [1.165, 1.54) is 6.26 Å². The van der Waals surface area contributed by atoms with Crippen molar-refractivity contribution in [3.8, 4) is 22.5 Å². The molecule has 0 spiro atoms. The van der Waals surface area contributed by atoms with Gasteiger partial charge >= 0.3 is 0 Å². The Hall–Kier alpha value is -4.87. The molecule has 0 radical (unpaired) electrons. The Morgan fingerprint density at radius 2 is 1.84 bits per heavy atom. The van der Waals surface area contributed by atoms with Crippen LogP contribution in [0.25, 0.3) is 22.5 Å². The minimum absolute atomic E-state index is 0.105. The number of aliphatic hydroxyl groups excluding tert-OH is 1. The molecular formula is C32H30ClN7O4. The van der Waals surface area contributed by atoms with Gasteiger partial charge in [0.05, 0.1) is 17.5 Å². The summed E-state index contributed by atoms with van der Waals surface area (Å²) in [5, 5.41) is 28.6. The summed E-state index contributed by atoms with van der Waals surface area (Å²) in [4.78, 5) is 31.2. The Morgan fingerprint density at radius 1 is 1.09 bits per heavy atom. The molecule has 2 amide bonds. The van der Waals surface area contributed by atoms with E-state index in [0.717, 1.165) is 29.5 Å². The van der Waals surface area contributed by atoms with E-state index in [-0.39, 0.29) is 17.9 Å². The number of hydrogen-bond donors (Lipinski definition) is 3. The first kappa shape index (κ1) is 29.2. The minimum atomic E-state index is -0.993. The second-order valence-corrected chi connectivity index (χ2v) is 11.3. The zero-order chi connectivity index (χ0) is 30.8. The van der Waals surface area contributed by atoms with Crippen molar-refractivity contribution in [1.82, 2.24) is 30.2 Å². The number of nitrogens with zero attached hydrogens (tertiary/aromatic N) is 5. The van der Waals surface area contributed by atoms with E-state index in [2.05, 4.69) is 31.0 Å². The number of carbonyl (C=O) groups is 2. The highest BCUT2D eigenvalue weighted by Gasteiger charge is 2.32. The highest BCUT2D eigenvalue weighted by atomic mass is 35.5. The van der Waals surface area contributed by atoms with Crippen molar-refractivity contribution in [3.05, 3.63) is 101 Å². The molecule has 224 valence electrons. The fourth-order valence-electron chi connectivity index (χ4n) is 5.01. The standard InChI is InChI=1S/C32H30ClN7O4/c1-18-25(16-44-39-18)31(42)37-28(32(43)36-24-8-5-20(6-9-24)30-38-35-17-40(30)2)15-23-13-21(7-10-26(23)33)22-11-12-34-27(14-22)29(41)19-3-4-19/h5-14,16-17,19,28-29,41H,3-4,15H2,1-2H3,(H,36,43)(H,37,42)/t28-,29?/m0/s1. The van der Waals surface area contributed by atoms with Gasteiger partial charge in [-0.25, -0.2) is 0 Å². The lowest BCUT2D eigenvalue weighted by Gasteiger charge is -2.20. The summed E-state index contributed by atoms with van der Waals surface area (Å²) in [6, 6.07) is 15.4.